The normalized spacial score (nSPS) is 10.7. The van der Waals surface area contributed by atoms with E-state index in [0.717, 1.165) is 21.2 Å². The summed E-state index contributed by atoms with van der Waals surface area (Å²) in [6.07, 6.45) is 0. The predicted octanol–water partition coefficient (Wildman–Crippen LogP) is 6.68. The molecule has 202 valence electrons. The van der Waals surface area contributed by atoms with Gasteiger partial charge in [0.1, 0.15) is 11.5 Å². The van der Waals surface area contributed by atoms with E-state index in [-0.39, 0.29) is 18.4 Å². The number of anilines is 1. The maximum atomic E-state index is 13.3. The van der Waals surface area contributed by atoms with Crippen molar-refractivity contribution >= 4 is 38.9 Å². The van der Waals surface area contributed by atoms with Crippen LogP contribution in [-0.2, 0) is 13.2 Å². The Morgan fingerprint density at radius 1 is 0.750 bits per heavy atom. The van der Waals surface area contributed by atoms with Crippen LogP contribution in [0.5, 0.6) is 17.2 Å². The largest absolute Gasteiger partial charge is 0.493 e. The van der Waals surface area contributed by atoms with E-state index in [1.165, 1.54) is 18.4 Å². The van der Waals surface area contributed by atoms with Gasteiger partial charge in [-0.25, -0.2) is 0 Å². The monoisotopic (exact) mass is 552 g/mol. The summed E-state index contributed by atoms with van der Waals surface area (Å²) < 4.78 is 17.7. The van der Waals surface area contributed by atoms with Crippen LogP contribution in [0, 0.1) is 0 Å². The molecule has 0 saturated heterocycles. The first kappa shape index (κ1) is 26.8. The van der Waals surface area contributed by atoms with Gasteiger partial charge in [0, 0.05) is 27.9 Å². The number of fused-ring (bicyclic) bond motifs is 1. The minimum atomic E-state index is -0.285. The van der Waals surface area contributed by atoms with Gasteiger partial charge in [-0.2, -0.15) is 0 Å². The van der Waals surface area contributed by atoms with Crippen LogP contribution in [0.3, 0.4) is 0 Å². The number of methoxy groups -OCH3 is 2. The van der Waals surface area contributed by atoms with E-state index in [1.54, 1.807) is 31.4 Å². The van der Waals surface area contributed by atoms with Gasteiger partial charge in [0.05, 0.1) is 14.2 Å². The van der Waals surface area contributed by atoms with Gasteiger partial charge in [-0.3, -0.25) is 9.59 Å². The Morgan fingerprint density at radius 2 is 1.50 bits per heavy atom. The summed E-state index contributed by atoms with van der Waals surface area (Å²) in [7, 11) is 3.07. The fraction of sp³-hybridized carbons (Fsp3) is 0.125. The SMILES string of the molecule is COc1ccc(C(=O)Nc2cccc(CNC(=O)c3sc4ccccc4c3OCc3ccccc3)c2)cc1OC. The highest BCUT2D eigenvalue weighted by atomic mass is 32.1. The van der Waals surface area contributed by atoms with Crippen molar-refractivity contribution in [2.75, 3.05) is 19.5 Å². The lowest BCUT2D eigenvalue weighted by molar-refractivity contribution is 0.0950. The fourth-order valence-electron chi connectivity index (χ4n) is 4.25. The average molecular weight is 553 g/mol. The molecule has 0 aliphatic rings. The van der Waals surface area contributed by atoms with E-state index in [0.29, 0.717) is 40.0 Å². The number of ether oxygens (including phenoxy) is 3. The van der Waals surface area contributed by atoms with Crippen molar-refractivity contribution in [2.24, 2.45) is 0 Å². The molecule has 0 atom stereocenters. The molecule has 0 aliphatic heterocycles. The van der Waals surface area contributed by atoms with Crippen LogP contribution >= 0.6 is 11.3 Å². The van der Waals surface area contributed by atoms with E-state index in [9.17, 15) is 9.59 Å². The first-order chi connectivity index (χ1) is 19.6. The average Bonchev–Trinajstić information content (AvgIpc) is 3.37. The number of rotatable bonds is 10. The highest BCUT2D eigenvalue weighted by Gasteiger charge is 2.20. The predicted molar refractivity (Wildman–Crippen MR) is 158 cm³/mol. The Hall–Kier alpha value is -4.82. The molecule has 7 nitrogen and oxygen atoms in total. The standard InChI is InChI=1S/C32H28N2O5S/c1-37-26-16-15-23(18-27(26)38-2)31(35)34-24-12-8-11-22(17-24)19-33-32(36)30-29(25-13-6-7-14-28(25)40-30)39-20-21-9-4-3-5-10-21/h3-18H,19-20H2,1-2H3,(H,33,36)(H,34,35). The molecule has 5 rings (SSSR count). The molecule has 4 aromatic carbocycles. The Bertz CT molecular complexity index is 1650. The van der Waals surface area contributed by atoms with Crippen LogP contribution < -0.4 is 24.8 Å². The van der Waals surface area contributed by atoms with Crippen LogP contribution in [-0.4, -0.2) is 26.0 Å². The number of carbonyl (C=O) groups excluding carboxylic acids is 2. The van der Waals surface area contributed by atoms with Crippen LogP contribution in [0.4, 0.5) is 5.69 Å². The van der Waals surface area contributed by atoms with Gasteiger partial charge >= 0.3 is 0 Å². The van der Waals surface area contributed by atoms with Gasteiger partial charge in [-0.15, -0.1) is 11.3 Å². The van der Waals surface area contributed by atoms with E-state index in [1.807, 2.05) is 72.8 Å². The maximum absolute atomic E-state index is 13.3. The molecule has 0 fully saturated rings. The van der Waals surface area contributed by atoms with E-state index >= 15 is 0 Å². The minimum Gasteiger partial charge on any atom is -0.493 e. The lowest BCUT2D eigenvalue weighted by Crippen LogP contribution is -2.22. The Balaban J connectivity index is 1.27. The third kappa shape index (κ3) is 6.08. The van der Waals surface area contributed by atoms with E-state index in [2.05, 4.69) is 10.6 Å². The number of benzene rings is 4. The van der Waals surface area contributed by atoms with Gasteiger partial charge < -0.3 is 24.8 Å². The summed E-state index contributed by atoms with van der Waals surface area (Å²) in [6, 6.07) is 30.0. The second-order valence-electron chi connectivity index (χ2n) is 8.94. The summed E-state index contributed by atoms with van der Waals surface area (Å²) in [6.45, 7) is 0.648. The van der Waals surface area contributed by atoms with Crippen molar-refractivity contribution in [2.45, 2.75) is 13.2 Å². The van der Waals surface area contributed by atoms with Gasteiger partial charge in [0.25, 0.3) is 11.8 Å². The Morgan fingerprint density at radius 3 is 2.30 bits per heavy atom. The second kappa shape index (κ2) is 12.4. The van der Waals surface area contributed by atoms with Crippen LogP contribution in [0.25, 0.3) is 10.1 Å². The molecular weight excluding hydrogens is 524 g/mol. The van der Waals surface area contributed by atoms with Gasteiger partial charge in [-0.05, 0) is 53.6 Å². The van der Waals surface area contributed by atoms with Crippen molar-refractivity contribution in [3.8, 4) is 17.2 Å². The molecule has 0 saturated carbocycles. The molecular formula is C32H28N2O5S. The van der Waals surface area contributed by atoms with Gasteiger partial charge in [0.15, 0.2) is 17.2 Å². The number of thiophene rings is 1. The zero-order valence-corrected chi connectivity index (χ0v) is 22.9. The first-order valence-corrected chi connectivity index (χ1v) is 13.5. The molecule has 0 radical (unpaired) electrons. The van der Waals surface area contributed by atoms with Crippen LogP contribution in [0.1, 0.15) is 31.2 Å². The molecule has 2 amide bonds. The third-order valence-electron chi connectivity index (χ3n) is 6.27. The van der Waals surface area contributed by atoms with E-state index in [4.69, 9.17) is 14.2 Å². The molecule has 8 heteroatoms. The minimum absolute atomic E-state index is 0.218. The molecule has 5 aromatic rings. The zero-order chi connectivity index (χ0) is 27.9. The lowest BCUT2D eigenvalue weighted by atomic mass is 10.1. The first-order valence-electron chi connectivity index (χ1n) is 12.6. The molecule has 0 unspecified atom stereocenters. The summed E-state index contributed by atoms with van der Waals surface area (Å²) in [5.41, 5.74) is 2.91. The summed E-state index contributed by atoms with van der Waals surface area (Å²) >= 11 is 1.40. The second-order valence-corrected chi connectivity index (χ2v) is 9.99. The maximum Gasteiger partial charge on any atom is 0.265 e. The molecule has 40 heavy (non-hydrogen) atoms. The molecule has 0 spiro atoms. The van der Waals surface area contributed by atoms with E-state index < -0.39 is 0 Å². The molecule has 2 N–H and O–H groups in total. The van der Waals surface area contributed by atoms with Crippen molar-refractivity contribution in [3.63, 3.8) is 0 Å². The molecule has 0 aliphatic carbocycles. The highest BCUT2D eigenvalue weighted by Crippen LogP contribution is 2.38. The van der Waals surface area contributed by atoms with Crippen molar-refractivity contribution in [1.29, 1.82) is 0 Å². The number of hydrogen-bond acceptors (Lipinski definition) is 6. The smallest absolute Gasteiger partial charge is 0.265 e. The quantitative estimate of drug-likeness (QED) is 0.202. The fourth-order valence-corrected chi connectivity index (χ4v) is 5.31. The highest BCUT2D eigenvalue weighted by molar-refractivity contribution is 7.21. The summed E-state index contributed by atoms with van der Waals surface area (Å²) in [5.74, 6) is 1.10. The summed E-state index contributed by atoms with van der Waals surface area (Å²) in [4.78, 5) is 26.7. The topological polar surface area (TPSA) is 85.9 Å². The van der Waals surface area contributed by atoms with Gasteiger partial charge in [-0.1, -0.05) is 54.6 Å². The van der Waals surface area contributed by atoms with Crippen molar-refractivity contribution < 1.29 is 23.8 Å². The Kier molecular flexibility index (Phi) is 8.27. The molecule has 1 heterocycles. The van der Waals surface area contributed by atoms with Crippen LogP contribution in [0.15, 0.2) is 97.1 Å². The summed E-state index contributed by atoms with van der Waals surface area (Å²) in [5, 5.41) is 6.81. The third-order valence-corrected chi connectivity index (χ3v) is 7.42. The Labute approximate surface area is 236 Å². The van der Waals surface area contributed by atoms with Crippen molar-refractivity contribution in [1.82, 2.24) is 5.32 Å². The number of amides is 2. The lowest BCUT2D eigenvalue weighted by Gasteiger charge is -2.11. The van der Waals surface area contributed by atoms with Gasteiger partial charge in [0.2, 0.25) is 0 Å². The number of hydrogen-bond donors (Lipinski definition) is 2. The number of carbonyl (C=O) groups is 2. The van der Waals surface area contributed by atoms with Crippen LogP contribution in [0.2, 0.25) is 0 Å². The zero-order valence-electron chi connectivity index (χ0n) is 22.1. The van der Waals surface area contributed by atoms with Crippen molar-refractivity contribution in [3.05, 3.63) is 119 Å². The molecule has 1 aromatic heterocycles. The molecule has 0 bridgehead atoms. The number of nitrogens with one attached hydrogen (secondary N) is 2.